The molecule has 0 fully saturated rings. The lowest BCUT2D eigenvalue weighted by atomic mass is 10.2. The number of hydrogen-bond acceptors (Lipinski definition) is 6. The quantitative estimate of drug-likeness (QED) is 0.715. The van der Waals surface area contributed by atoms with Gasteiger partial charge in [-0.15, -0.1) is 4.40 Å². The van der Waals surface area contributed by atoms with E-state index in [9.17, 15) is 31.2 Å². The molecule has 0 aliphatic carbocycles. The van der Waals surface area contributed by atoms with E-state index in [2.05, 4.69) is 9.71 Å². The van der Waals surface area contributed by atoms with E-state index in [-0.39, 0.29) is 29.4 Å². The van der Waals surface area contributed by atoms with Crippen molar-refractivity contribution in [3.05, 3.63) is 53.8 Å². The first-order valence-electron chi connectivity index (χ1n) is 8.63. The molecule has 0 aromatic heterocycles. The fourth-order valence-electron chi connectivity index (χ4n) is 2.62. The van der Waals surface area contributed by atoms with Crippen molar-refractivity contribution < 1.29 is 35.9 Å². The van der Waals surface area contributed by atoms with Crippen molar-refractivity contribution in [2.24, 2.45) is 4.40 Å². The summed E-state index contributed by atoms with van der Waals surface area (Å²) in [5, 5.41) is 2.27. The number of alkyl halides is 3. The molecular formula is C18H16F3N3O5S. The maximum absolute atomic E-state index is 12.8. The third-order valence-electron chi connectivity index (χ3n) is 4.17. The van der Waals surface area contributed by atoms with Crippen LogP contribution in [0.2, 0.25) is 0 Å². The highest BCUT2D eigenvalue weighted by Gasteiger charge is 2.31. The van der Waals surface area contributed by atoms with E-state index < -0.39 is 39.7 Å². The minimum Gasteiger partial charge on any atom is -0.449 e. The number of carbonyl (C=O) groups excluding carboxylic acids is 2. The van der Waals surface area contributed by atoms with Crippen LogP contribution in [-0.2, 0) is 30.5 Å². The number of rotatable bonds is 4. The maximum Gasteiger partial charge on any atom is 0.416 e. The van der Waals surface area contributed by atoms with Gasteiger partial charge in [-0.25, -0.2) is 13.2 Å². The summed E-state index contributed by atoms with van der Waals surface area (Å²) in [6.45, 7) is 1.38. The zero-order valence-electron chi connectivity index (χ0n) is 15.5. The number of anilines is 1. The average Bonchev–Trinajstić information content (AvgIpc) is 2.66. The summed E-state index contributed by atoms with van der Waals surface area (Å²) in [7, 11) is -3.54. The molecule has 2 aliphatic rings. The number of amides is 1. The van der Waals surface area contributed by atoms with E-state index in [1.807, 2.05) is 0 Å². The van der Waals surface area contributed by atoms with Crippen molar-refractivity contribution in [3.63, 3.8) is 0 Å². The van der Waals surface area contributed by atoms with Gasteiger partial charge < -0.3 is 15.0 Å². The summed E-state index contributed by atoms with van der Waals surface area (Å²) in [5.74, 6) is -1.72. The molecule has 160 valence electrons. The summed E-state index contributed by atoms with van der Waals surface area (Å²) in [6, 6.07) is 4.05. The molecular weight excluding hydrogens is 427 g/mol. The van der Waals surface area contributed by atoms with Crippen LogP contribution in [0.1, 0.15) is 12.5 Å². The van der Waals surface area contributed by atoms with Gasteiger partial charge in [0.25, 0.3) is 15.9 Å². The minimum absolute atomic E-state index is 0.0620. The lowest BCUT2D eigenvalue weighted by molar-refractivity contribution is -0.149. The number of benzene rings is 1. The van der Waals surface area contributed by atoms with Gasteiger partial charge in [0.1, 0.15) is 5.84 Å². The van der Waals surface area contributed by atoms with Crippen molar-refractivity contribution in [3.8, 4) is 0 Å². The molecule has 1 amide bonds. The molecule has 1 aromatic carbocycles. The van der Waals surface area contributed by atoms with Gasteiger partial charge in [0.15, 0.2) is 6.10 Å². The monoisotopic (exact) mass is 443 g/mol. The van der Waals surface area contributed by atoms with Crippen LogP contribution in [-0.4, -0.2) is 49.4 Å². The Morgan fingerprint density at radius 1 is 1.27 bits per heavy atom. The Kier molecular flexibility index (Phi) is 5.70. The molecule has 3 rings (SSSR count). The Morgan fingerprint density at radius 3 is 2.70 bits per heavy atom. The van der Waals surface area contributed by atoms with E-state index in [1.54, 1.807) is 0 Å². The van der Waals surface area contributed by atoms with Gasteiger partial charge in [0.05, 0.1) is 16.9 Å². The summed E-state index contributed by atoms with van der Waals surface area (Å²) in [5.41, 5.74) is -0.958. The SMILES string of the molecule is C[C@H](OC(=O)C1=CN2CCS(=O)(=O)N=C2C=C1)C(=O)Nc1cccc(C(F)(F)F)c1. The van der Waals surface area contributed by atoms with Crippen LogP contribution >= 0.6 is 0 Å². The second-order valence-electron chi connectivity index (χ2n) is 6.46. The van der Waals surface area contributed by atoms with Gasteiger partial charge in [0.2, 0.25) is 0 Å². The second kappa shape index (κ2) is 7.94. The van der Waals surface area contributed by atoms with Crippen molar-refractivity contribution >= 4 is 33.4 Å². The highest BCUT2D eigenvalue weighted by Crippen LogP contribution is 2.30. The minimum atomic E-state index is -4.56. The Bertz CT molecular complexity index is 1080. The lowest BCUT2D eigenvalue weighted by Gasteiger charge is -2.27. The van der Waals surface area contributed by atoms with Crippen LogP contribution in [0.5, 0.6) is 0 Å². The number of carbonyl (C=O) groups is 2. The molecule has 0 unspecified atom stereocenters. The molecule has 12 heteroatoms. The number of ether oxygens (including phenoxy) is 1. The lowest BCUT2D eigenvalue weighted by Crippen LogP contribution is -2.37. The molecule has 8 nitrogen and oxygen atoms in total. The van der Waals surface area contributed by atoms with Gasteiger partial charge >= 0.3 is 12.1 Å². The summed E-state index contributed by atoms with van der Waals surface area (Å²) in [4.78, 5) is 25.9. The fraction of sp³-hybridized carbons (Fsp3) is 0.278. The molecule has 0 saturated carbocycles. The number of amidine groups is 1. The van der Waals surface area contributed by atoms with Crippen LogP contribution in [0.25, 0.3) is 0 Å². The van der Waals surface area contributed by atoms with E-state index in [1.165, 1.54) is 36.2 Å². The first-order valence-corrected chi connectivity index (χ1v) is 10.2. The first-order chi connectivity index (χ1) is 13.9. The molecule has 0 radical (unpaired) electrons. The zero-order valence-corrected chi connectivity index (χ0v) is 16.3. The van der Waals surface area contributed by atoms with Gasteiger partial charge in [-0.3, -0.25) is 4.79 Å². The molecule has 1 aromatic rings. The van der Waals surface area contributed by atoms with Crippen LogP contribution in [0, 0.1) is 0 Å². The molecule has 0 saturated heterocycles. The van der Waals surface area contributed by atoms with Crippen molar-refractivity contribution in [1.82, 2.24) is 4.90 Å². The number of sulfonamides is 1. The molecule has 1 N–H and O–H groups in total. The van der Waals surface area contributed by atoms with Gasteiger partial charge in [-0.2, -0.15) is 13.2 Å². The number of nitrogens with zero attached hydrogens (tertiary/aromatic N) is 2. The van der Waals surface area contributed by atoms with Gasteiger partial charge in [0, 0.05) is 18.4 Å². The van der Waals surface area contributed by atoms with E-state index in [0.717, 1.165) is 18.2 Å². The zero-order chi connectivity index (χ0) is 22.1. The largest absolute Gasteiger partial charge is 0.449 e. The van der Waals surface area contributed by atoms with Crippen LogP contribution in [0.15, 0.2) is 52.6 Å². The highest BCUT2D eigenvalue weighted by atomic mass is 32.2. The fourth-order valence-corrected chi connectivity index (χ4v) is 3.59. The predicted molar refractivity (Wildman–Crippen MR) is 101 cm³/mol. The van der Waals surface area contributed by atoms with Crippen LogP contribution in [0.4, 0.5) is 18.9 Å². The number of halogens is 3. The number of esters is 1. The van der Waals surface area contributed by atoms with Crippen LogP contribution < -0.4 is 5.32 Å². The summed E-state index contributed by atoms with van der Waals surface area (Å²) < 4.78 is 69.9. The number of nitrogens with one attached hydrogen (secondary N) is 1. The first kappa shape index (κ1) is 21.6. The molecule has 30 heavy (non-hydrogen) atoms. The number of fused-ring (bicyclic) bond motifs is 1. The standard InChI is InChI=1S/C18H16F3N3O5S/c1-11(16(25)22-14-4-2-3-13(9-14)18(19,20)21)29-17(26)12-5-6-15-23-30(27,28)8-7-24(15)10-12/h2-6,9-11H,7-8H2,1H3,(H,22,25)/t11-/m0/s1. The van der Waals surface area contributed by atoms with E-state index in [0.29, 0.717) is 0 Å². The Morgan fingerprint density at radius 2 is 2.00 bits per heavy atom. The highest BCUT2D eigenvalue weighted by molar-refractivity contribution is 7.90. The number of hydrogen-bond donors (Lipinski definition) is 1. The Labute approximate surface area is 169 Å². The van der Waals surface area contributed by atoms with Crippen molar-refractivity contribution in [1.29, 1.82) is 0 Å². The third-order valence-corrected chi connectivity index (χ3v) is 5.33. The third kappa shape index (κ3) is 5.06. The molecule has 0 bridgehead atoms. The maximum atomic E-state index is 12.8. The van der Waals surface area contributed by atoms with Gasteiger partial charge in [-0.05, 0) is 37.3 Å². The van der Waals surface area contributed by atoms with Crippen molar-refractivity contribution in [2.45, 2.75) is 19.2 Å². The summed E-state index contributed by atoms with van der Waals surface area (Å²) in [6.07, 6.45) is -1.86. The molecule has 0 spiro atoms. The topological polar surface area (TPSA) is 105 Å². The predicted octanol–water partition coefficient (Wildman–Crippen LogP) is 2.07. The molecule has 2 aliphatic heterocycles. The van der Waals surface area contributed by atoms with Crippen LogP contribution in [0.3, 0.4) is 0 Å². The Hall–Kier alpha value is -3.15. The normalized spacial score (nSPS) is 18.6. The van der Waals surface area contributed by atoms with Gasteiger partial charge in [-0.1, -0.05) is 6.07 Å². The summed E-state index contributed by atoms with van der Waals surface area (Å²) >= 11 is 0. The average molecular weight is 443 g/mol. The molecule has 2 heterocycles. The molecule has 1 atom stereocenters. The van der Waals surface area contributed by atoms with Crippen molar-refractivity contribution in [2.75, 3.05) is 17.6 Å². The van der Waals surface area contributed by atoms with E-state index in [4.69, 9.17) is 4.74 Å². The second-order valence-corrected chi connectivity index (χ2v) is 8.22. The Balaban J connectivity index is 1.63. The smallest absolute Gasteiger partial charge is 0.416 e. The van der Waals surface area contributed by atoms with E-state index >= 15 is 0 Å².